The molecule has 0 radical (unpaired) electrons. The van der Waals surface area contributed by atoms with E-state index in [4.69, 9.17) is 5.11 Å². The number of carboxylic acids is 1. The lowest BCUT2D eigenvalue weighted by molar-refractivity contribution is -0.141. The summed E-state index contributed by atoms with van der Waals surface area (Å²) in [5.74, 6) is -0.392. The molecule has 2 atom stereocenters. The molecule has 0 bridgehead atoms. The van der Waals surface area contributed by atoms with Crippen LogP contribution in [0.15, 0.2) is 0 Å². The summed E-state index contributed by atoms with van der Waals surface area (Å²) in [6, 6.07) is -0.0241. The number of carbonyl (C=O) groups excluding carboxylic acids is 1. The highest BCUT2D eigenvalue weighted by molar-refractivity contribution is 5.75. The molecule has 2 aliphatic carbocycles. The molecular weight excluding hydrogens is 256 g/mol. The Bertz CT molecular complexity index is 353. The summed E-state index contributed by atoms with van der Waals surface area (Å²) in [5, 5.41) is 11.9. The number of nitrogens with zero attached hydrogens (tertiary/aromatic N) is 1. The highest BCUT2D eigenvalue weighted by atomic mass is 16.4. The van der Waals surface area contributed by atoms with Gasteiger partial charge in [0, 0.05) is 19.6 Å². The first-order valence-electron chi connectivity index (χ1n) is 7.80. The van der Waals surface area contributed by atoms with Crippen molar-refractivity contribution in [2.24, 2.45) is 11.8 Å². The fourth-order valence-electron chi connectivity index (χ4n) is 3.46. The zero-order valence-electron chi connectivity index (χ0n) is 12.3. The minimum atomic E-state index is -0.739. The average molecular weight is 282 g/mol. The zero-order valence-corrected chi connectivity index (χ0v) is 12.3. The first-order chi connectivity index (χ1) is 9.56. The lowest BCUT2D eigenvalue weighted by Gasteiger charge is -2.28. The zero-order chi connectivity index (χ0) is 14.5. The second-order valence-corrected chi connectivity index (χ2v) is 6.38. The van der Waals surface area contributed by atoms with Gasteiger partial charge in [-0.1, -0.05) is 19.3 Å². The van der Waals surface area contributed by atoms with Crippen LogP contribution in [0.1, 0.15) is 51.4 Å². The normalized spacial score (nSPS) is 27.2. The molecule has 0 aromatic rings. The van der Waals surface area contributed by atoms with Gasteiger partial charge < -0.3 is 15.3 Å². The second-order valence-electron chi connectivity index (χ2n) is 6.38. The van der Waals surface area contributed by atoms with Gasteiger partial charge in [-0.15, -0.1) is 0 Å². The molecule has 0 unspecified atom stereocenters. The smallest absolute Gasteiger partial charge is 0.317 e. The van der Waals surface area contributed by atoms with E-state index in [0.29, 0.717) is 18.8 Å². The number of aliphatic carboxylic acids is 1. The second kappa shape index (κ2) is 6.95. The molecule has 0 heterocycles. The Balaban J connectivity index is 1.72. The largest absolute Gasteiger partial charge is 0.481 e. The Labute approximate surface area is 120 Å². The van der Waals surface area contributed by atoms with E-state index >= 15 is 0 Å². The van der Waals surface area contributed by atoms with E-state index in [1.54, 1.807) is 4.90 Å². The van der Waals surface area contributed by atoms with Gasteiger partial charge >= 0.3 is 12.0 Å². The molecule has 0 aromatic carbocycles. The maximum atomic E-state index is 12.1. The number of hydrogen-bond donors (Lipinski definition) is 2. The summed E-state index contributed by atoms with van der Waals surface area (Å²) in [4.78, 5) is 24.8. The molecule has 20 heavy (non-hydrogen) atoms. The predicted octanol–water partition coefficient (Wildman–Crippen LogP) is 2.46. The topological polar surface area (TPSA) is 69.6 Å². The van der Waals surface area contributed by atoms with Crippen LogP contribution in [-0.4, -0.2) is 41.6 Å². The van der Waals surface area contributed by atoms with E-state index in [0.717, 1.165) is 13.0 Å². The van der Waals surface area contributed by atoms with E-state index in [2.05, 4.69) is 5.32 Å². The first-order valence-corrected chi connectivity index (χ1v) is 7.80. The van der Waals surface area contributed by atoms with Crippen molar-refractivity contribution in [3.63, 3.8) is 0 Å². The third kappa shape index (κ3) is 4.12. The summed E-state index contributed by atoms with van der Waals surface area (Å²) in [6.45, 7) is 0.820. The van der Waals surface area contributed by atoms with Crippen LogP contribution in [0.5, 0.6) is 0 Å². The van der Waals surface area contributed by atoms with Gasteiger partial charge in [0.05, 0.1) is 5.92 Å². The number of urea groups is 1. The minimum Gasteiger partial charge on any atom is -0.481 e. The Morgan fingerprint density at radius 1 is 1.15 bits per heavy atom. The molecule has 2 fully saturated rings. The molecule has 0 saturated heterocycles. The van der Waals surface area contributed by atoms with Crippen molar-refractivity contribution in [1.29, 1.82) is 0 Å². The SMILES string of the molecule is CN(CC1CCCCC1)C(=O)N[C@H]1CC[C@@H](C(=O)O)C1. The van der Waals surface area contributed by atoms with Gasteiger partial charge in [-0.05, 0) is 38.0 Å². The summed E-state index contributed by atoms with van der Waals surface area (Å²) < 4.78 is 0. The van der Waals surface area contributed by atoms with Gasteiger partial charge in [0.15, 0.2) is 0 Å². The van der Waals surface area contributed by atoms with Gasteiger partial charge in [0.1, 0.15) is 0 Å². The number of nitrogens with one attached hydrogen (secondary N) is 1. The summed E-state index contributed by atoms with van der Waals surface area (Å²) >= 11 is 0. The van der Waals surface area contributed by atoms with Gasteiger partial charge in [-0.2, -0.15) is 0 Å². The molecule has 114 valence electrons. The van der Waals surface area contributed by atoms with Crippen molar-refractivity contribution in [3.05, 3.63) is 0 Å². The van der Waals surface area contributed by atoms with Crippen LogP contribution in [0.3, 0.4) is 0 Å². The molecule has 2 rings (SSSR count). The number of amides is 2. The third-order valence-electron chi connectivity index (χ3n) is 4.71. The highest BCUT2D eigenvalue weighted by Crippen LogP contribution is 2.26. The third-order valence-corrected chi connectivity index (χ3v) is 4.71. The van der Waals surface area contributed by atoms with Crippen molar-refractivity contribution < 1.29 is 14.7 Å². The van der Waals surface area contributed by atoms with Crippen LogP contribution in [0.2, 0.25) is 0 Å². The summed E-state index contributed by atoms with van der Waals surface area (Å²) in [7, 11) is 1.84. The standard InChI is InChI=1S/C15H26N2O3/c1-17(10-11-5-3-2-4-6-11)15(20)16-13-8-7-12(9-13)14(18)19/h11-13H,2-10H2,1H3,(H,16,20)(H,18,19)/t12-,13+/m1/s1. The molecule has 0 aromatic heterocycles. The number of carbonyl (C=O) groups is 2. The summed E-state index contributed by atoms with van der Waals surface area (Å²) in [6.07, 6.45) is 8.35. The minimum absolute atomic E-state index is 0.0254. The Kier molecular flexibility index (Phi) is 5.26. The van der Waals surface area contributed by atoms with Gasteiger partial charge in [-0.25, -0.2) is 4.79 Å². The van der Waals surface area contributed by atoms with E-state index in [9.17, 15) is 9.59 Å². The van der Waals surface area contributed by atoms with Crippen molar-refractivity contribution in [3.8, 4) is 0 Å². The van der Waals surface area contributed by atoms with Crippen molar-refractivity contribution in [2.75, 3.05) is 13.6 Å². The molecule has 2 saturated carbocycles. The van der Waals surface area contributed by atoms with E-state index in [1.165, 1.54) is 32.1 Å². The van der Waals surface area contributed by atoms with E-state index in [-0.39, 0.29) is 18.0 Å². The number of rotatable bonds is 4. The molecule has 0 spiro atoms. The molecular formula is C15H26N2O3. The molecule has 2 amide bonds. The van der Waals surface area contributed by atoms with Crippen LogP contribution < -0.4 is 5.32 Å². The monoisotopic (exact) mass is 282 g/mol. The predicted molar refractivity (Wildman–Crippen MR) is 76.5 cm³/mol. The lowest BCUT2D eigenvalue weighted by Crippen LogP contribution is -2.44. The first kappa shape index (κ1) is 15.1. The summed E-state index contributed by atoms with van der Waals surface area (Å²) in [5.41, 5.74) is 0. The van der Waals surface area contributed by atoms with Crippen LogP contribution in [-0.2, 0) is 4.79 Å². The van der Waals surface area contributed by atoms with Gasteiger partial charge in [0.25, 0.3) is 0 Å². The molecule has 2 N–H and O–H groups in total. The number of hydrogen-bond acceptors (Lipinski definition) is 2. The quantitative estimate of drug-likeness (QED) is 0.832. The highest BCUT2D eigenvalue weighted by Gasteiger charge is 2.31. The van der Waals surface area contributed by atoms with Crippen LogP contribution in [0, 0.1) is 11.8 Å². The van der Waals surface area contributed by atoms with Crippen LogP contribution in [0.25, 0.3) is 0 Å². The maximum absolute atomic E-state index is 12.1. The van der Waals surface area contributed by atoms with E-state index in [1.807, 2.05) is 7.05 Å². The van der Waals surface area contributed by atoms with Crippen molar-refractivity contribution >= 4 is 12.0 Å². The molecule has 5 nitrogen and oxygen atoms in total. The van der Waals surface area contributed by atoms with Crippen LogP contribution >= 0.6 is 0 Å². The maximum Gasteiger partial charge on any atom is 0.317 e. The Morgan fingerprint density at radius 2 is 1.85 bits per heavy atom. The Morgan fingerprint density at radius 3 is 2.45 bits per heavy atom. The lowest BCUT2D eigenvalue weighted by atomic mass is 9.89. The van der Waals surface area contributed by atoms with E-state index < -0.39 is 5.97 Å². The number of carboxylic acid groups (broad SMARTS) is 1. The van der Waals surface area contributed by atoms with Crippen molar-refractivity contribution in [2.45, 2.75) is 57.4 Å². The average Bonchev–Trinajstić information content (AvgIpc) is 2.88. The molecule has 5 heteroatoms. The Hall–Kier alpha value is -1.26. The fourth-order valence-corrected chi connectivity index (χ4v) is 3.46. The van der Waals surface area contributed by atoms with Crippen LogP contribution in [0.4, 0.5) is 4.79 Å². The van der Waals surface area contributed by atoms with Gasteiger partial charge in [-0.3, -0.25) is 4.79 Å². The fraction of sp³-hybridized carbons (Fsp3) is 0.867. The van der Waals surface area contributed by atoms with Crippen molar-refractivity contribution in [1.82, 2.24) is 10.2 Å². The molecule has 0 aliphatic heterocycles. The van der Waals surface area contributed by atoms with Gasteiger partial charge in [0.2, 0.25) is 0 Å². The molecule has 2 aliphatic rings.